The fraction of sp³-hybridized carbons (Fsp3) is 0.923. The van der Waals surface area contributed by atoms with Gasteiger partial charge in [0.15, 0.2) is 0 Å². The number of hydrogen-bond acceptors (Lipinski definition) is 2. The van der Waals surface area contributed by atoms with Gasteiger partial charge in [-0.05, 0) is 38.5 Å². The van der Waals surface area contributed by atoms with Crippen LogP contribution in [0, 0.1) is 11.8 Å². The van der Waals surface area contributed by atoms with E-state index in [0.29, 0.717) is 12.0 Å². The van der Waals surface area contributed by atoms with Crippen LogP contribution in [0.3, 0.4) is 0 Å². The zero-order chi connectivity index (χ0) is 12.1. The van der Waals surface area contributed by atoms with Crippen molar-refractivity contribution in [2.24, 2.45) is 11.8 Å². The standard InChI is InChI=1S/C13H25NO2/c1-10(2)14(9-13(15)16)8-12-6-4-11(3)5-7-12/h10-12H,4-9H2,1-3H3,(H,15,16). The highest BCUT2D eigenvalue weighted by Crippen LogP contribution is 2.29. The van der Waals surface area contributed by atoms with Gasteiger partial charge in [0.2, 0.25) is 0 Å². The van der Waals surface area contributed by atoms with E-state index >= 15 is 0 Å². The largest absolute Gasteiger partial charge is 0.480 e. The molecule has 0 radical (unpaired) electrons. The van der Waals surface area contributed by atoms with E-state index in [-0.39, 0.29) is 6.54 Å². The molecule has 0 atom stereocenters. The Balaban J connectivity index is 2.39. The van der Waals surface area contributed by atoms with Crippen LogP contribution in [0.1, 0.15) is 46.5 Å². The maximum atomic E-state index is 10.8. The van der Waals surface area contributed by atoms with Crippen LogP contribution < -0.4 is 0 Å². The molecule has 0 bridgehead atoms. The number of nitrogens with zero attached hydrogens (tertiary/aromatic N) is 1. The van der Waals surface area contributed by atoms with Crippen LogP contribution in [0.4, 0.5) is 0 Å². The molecule has 1 rings (SSSR count). The van der Waals surface area contributed by atoms with E-state index in [1.54, 1.807) is 0 Å². The predicted octanol–water partition coefficient (Wildman–Crippen LogP) is 2.61. The number of carbonyl (C=O) groups is 1. The summed E-state index contributed by atoms with van der Waals surface area (Å²) in [5.74, 6) is 0.860. The molecule has 0 aliphatic heterocycles. The van der Waals surface area contributed by atoms with Crippen LogP contribution in [0.25, 0.3) is 0 Å². The van der Waals surface area contributed by atoms with E-state index in [0.717, 1.165) is 12.5 Å². The summed E-state index contributed by atoms with van der Waals surface area (Å²) in [7, 11) is 0. The van der Waals surface area contributed by atoms with Crippen molar-refractivity contribution in [3.8, 4) is 0 Å². The first kappa shape index (κ1) is 13.5. The average Bonchev–Trinajstić information content (AvgIpc) is 2.19. The van der Waals surface area contributed by atoms with Crippen molar-refractivity contribution in [1.82, 2.24) is 4.90 Å². The molecule has 3 heteroatoms. The Morgan fingerprint density at radius 2 is 1.88 bits per heavy atom. The van der Waals surface area contributed by atoms with Crippen molar-refractivity contribution in [2.75, 3.05) is 13.1 Å². The van der Waals surface area contributed by atoms with Gasteiger partial charge in [-0.2, -0.15) is 0 Å². The molecule has 0 heterocycles. The van der Waals surface area contributed by atoms with Crippen molar-refractivity contribution in [1.29, 1.82) is 0 Å². The second-order valence-corrected chi connectivity index (χ2v) is 5.54. The zero-order valence-electron chi connectivity index (χ0n) is 10.8. The molecule has 3 nitrogen and oxygen atoms in total. The van der Waals surface area contributed by atoms with Crippen LogP contribution in [0.2, 0.25) is 0 Å². The summed E-state index contributed by atoms with van der Waals surface area (Å²) in [5.41, 5.74) is 0. The molecule has 1 fully saturated rings. The van der Waals surface area contributed by atoms with Crippen molar-refractivity contribution in [3.63, 3.8) is 0 Å². The summed E-state index contributed by atoms with van der Waals surface area (Å²) in [6, 6.07) is 0.329. The minimum Gasteiger partial charge on any atom is -0.480 e. The van der Waals surface area contributed by atoms with Crippen molar-refractivity contribution in [2.45, 2.75) is 52.5 Å². The number of hydrogen-bond donors (Lipinski definition) is 1. The lowest BCUT2D eigenvalue weighted by Crippen LogP contribution is -2.39. The quantitative estimate of drug-likeness (QED) is 0.785. The Bertz CT molecular complexity index is 220. The summed E-state index contributed by atoms with van der Waals surface area (Å²) in [6.07, 6.45) is 5.15. The maximum Gasteiger partial charge on any atom is 0.317 e. The van der Waals surface area contributed by atoms with Crippen LogP contribution in [0.15, 0.2) is 0 Å². The predicted molar refractivity (Wildman–Crippen MR) is 65.5 cm³/mol. The van der Waals surface area contributed by atoms with E-state index in [2.05, 4.69) is 25.7 Å². The molecule has 0 aromatic carbocycles. The highest BCUT2D eigenvalue weighted by atomic mass is 16.4. The molecule has 1 N–H and O–H groups in total. The minimum absolute atomic E-state index is 0.184. The summed E-state index contributed by atoms with van der Waals surface area (Å²) in [6.45, 7) is 7.61. The zero-order valence-corrected chi connectivity index (χ0v) is 10.8. The van der Waals surface area contributed by atoms with Gasteiger partial charge in [-0.25, -0.2) is 0 Å². The molecule has 0 aromatic rings. The molecular weight excluding hydrogens is 202 g/mol. The lowest BCUT2D eigenvalue weighted by Gasteiger charge is -2.33. The molecule has 1 saturated carbocycles. The first-order valence-corrected chi connectivity index (χ1v) is 6.45. The molecule has 0 unspecified atom stereocenters. The third-order valence-corrected chi connectivity index (χ3v) is 3.70. The summed E-state index contributed by atoms with van der Waals surface area (Å²) < 4.78 is 0. The fourth-order valence-electron chi connectivity index (χ4n) is 2.48. The van der Waals surface area contributed by atoms with Gasteiger partial charge < -0.3 is 5.11 Å². The van der Waals surface area contributed by atoms with Gasteiger partial charge in [-0.1, -0.05) is 19.8 Å². The van der Waals surface area contributed by atoms with E-state index in [1.165, 1.54) is 25.7 Å². The Kier molecular flexibility index (Phi) is 5.26. The first-order chi connectivity index (χ1) is 7.49. The SMILES string of the molecule is CC1CCC(CN(CC(=O)O)C(C)C)CC1. The molecule has 0 amide bonds. The molecule has 1 aliphatic rings. The van der Waals surface area contributed by atoms with E-state index in [1.807, 2.05) is 0 Å². The molecule has 0 saturated heterocycles. The summed E-state index contributed by atoms with van der Waals surface area (Å²) in [5, 5.41) is 8.86. The van der Waals surface area contributed by atoms with Gasteiger partial charge in [0.05, 0.1) is 6.54 Å². The molecule has 0 aromatic heterocycles. The minimum atomic E-state index is -0.710. The number of carboxylic acid groups (broad SMARTS) is 1. The Morgan fingerprint density at radius 3 is 2.31 bits per heavy atom. The second-order valence-electron chi connectivity index (χ2n) is 5.54. The van der Waals surface area contributed by atoms with Gasteiger partial charge in [-0.3, -0.25) is 9.69 Å². The normalized spacial score (nSPS) is 26.3. The third kappa shape index (κ3) is 4.52. The molecule has 94 valence electrons. The Labute approximate surface area is 98.8 Å². The van der Waals surface area contributed by atoms with Gasteiger partial charge in [0.25, 0.3) is 0 Å². The van der Waals surface area contributed by atoms with Crippen molar-refractivity contribution >= 4 is 5.97 Å². The fourth-order valence-corrected chi connectivity index (χ4v) is 2.48. The smallest absolute Gasteiger partial charge is 0.317 e. The van der Waals surface area contributed by atoms with Gasteiger partial charge in [0, 0.05) is 12.6 Å². The van der Waals surface area contributed by atoms with Crippen LogP contribution in [-0.4, -0.2) is 35.1 Å². The lowest BCUT2D eigenvalue weighted by molar-refractivity contribution is -0.139. The molecule has 1 aliphatic carbocycles. The van der Waals surface area contributed by atoms with Crippen molar-refractivity contribution < 1.29 is 9.90 Å². The van der Waals surface area contributed by atoms with Gasteiger partial charge in [0.1, 0.15) is 0 Å². The number of carboxylic acids is 1. The van der Waals surface area contributed by atoms with Crippen LogP contribution in [-0.2, 0) is 4.79 Å². The Morgan fingerprint density at radius 1 is 1.31 bits per heavy atom. The number of rotatable bonds is 5. The Hall–Kier alpha value is -0.570. The highest BCUT2D eigenvalue weighted by molar-refractivity contribution is 5.69. The van der Waals surface area contributed by atoms with E-state index in [9.17, 15) is 4.79 Å². The molecule has 0 spiro atoms. The monoisotopic (exact) mass is 227 g/mol. The van der Waals surface area contributed by atoms with Crippen molar-refractivity contribution in [3.05, 3.63) is 0 Å². The first-order valence-electron chi connectivity index (χ1n) is 6.45. The summed E-state index contributed by atoms with van der Waals surface area (Å²) in [4.78, 5) is 12.9. The second kappa shape index (κ2) is 6.24. The van der Waals surface area contributed by atoms with Gasteiger partial charge in [-0.15, -0.1) is 0 Å². The highest BCUT2D eigenvalue weighted by Gasteiger charge is 2.22. The summed E-state index contributed by atoms with van der Waals surface area (Å²) >= 11 is 0. The number of aliphatic carboxylic acids is 1. The van der Waals surface area contributed by atoms with Crippen LogP contribution >= 0.6 is 0 Å². The van der Waals surface area contributed by atoms with Gasteiger partial charge >= 0.3 is 5.97 Å². The van der Waals surface area contributed by atoms with E-state index < -0.39 is 5.97 Å². The topological polar surface area (TPSA) is 40.5 Å². The lowest BCUT2D eigenvalue weighted by atomic mass is 9.82. The molecular formula is C13H25NO2. The van der Waals surface area contributed by atoms with E-state index in [4.69, 9.17) is 5.11 Å². The molecule has 16 heavy (non-hydrogen) atoms. The average molecular weight is 227 g/mol. The third-order valence-electron chi connectivity index (χ3n) is 3.70. The maximum absolute atomic E-state index is 10.8. The van der Waals surface area contributed by atoms with Crippen LogP contribution in [0.5, 0.6) is 0 Å².